The summed E-state index contributed by atoms with van der Waals surface area (Å²) in [6.07, 6.45) is 0. The van der Waals surface area contributed by atoms with Crippen LogP contribution in [0.1, 0.15) is 48.5 Å². The Bertz CT molecular complexity index is 156. The van der Waals surface area contributed by atoms with Crippen LogP contribution in [0, 0.1) is 0 Å². The van der Waals surface area contributed by atoms with Gasteiger partial charge >= 0.3 is 93.7 Å². The molecule has 14 heavy (non-hydrogen) atoms. The third-order valence-corrected chi connectivity index (χ3v) is 18.6. The Morgan fingerprint density at radius 2 is 1.29 bits per heavy atom. The molecule has 0 radical (unpaired) electrons. The standard InChI is InChI=1S/C12H29GeN/c1-9-13(10(2)3,11(4)5)14(8)12(6)7/h10-12H,9H2,1-8H3. The van der Waals surface area contributed by atoms with E-state index in [4.69, 9.17) is 0 Å². The van der Waals surface area contributed by atoms with Crippen LogP contribution < -0.4 is 0 Å². The van der Waals surface area contributed by atoms with E-state index >= 15 is 0 Å². The van der Waals surface area contributed by atoms with Gasteiger partial charge in [0, 0.05) is 0 Å². The molecule has 0 fully saturated rings. The molecule has 0 aliphatic heterocycles. The normalized spacial score (nSPS) is 13.7. The van der Waals surface area contributed by atoms with Crippen LogP contribution >= 0.6 is 0 Å². The van der Waals surface area contributed by atoms with Gasteiger partial charge in [0.15, 0.2) is 0 Å². The second kappa shape index (κ2) is 5.55. The Kier molecular flexibility index (Phi) is 5.75. The van der Waals surface area contributed by atoms with Gasteiger partial charge in [-0.1, -0.05) is 0 Å². The summed E-state index contributed by atoms with van der Waals surface area (Å²) in [7, 11) is 2.36. The molecular weight excluding hydrogens is 231 g/mol. The van der Waals surface area contributed by atoms with Crippen LogP contribution in [0.25, 0.3) is 0 Å². The fourth-order valence-electron chi connectivity index (χ4n) is 3.03. The van der Waals surface area contributed by atoms with Crippen LogP contribution in [0.4, 0.5) is 0 Å². The fourth-order valence-corrected chi connectivity index (χ4v) is 15.7. The molecule has 0 atom stereocenters. The molecule has 2 heteroatoms. The summed E-state index contributed by atoms with van der Waals surface area (Å²) in [4.78, 5) is 0. The minimum absolute atomic E-state index is 0.708. The van der Waals surface area contributed by atoms with Crippen molar-refractivity contribution in [3.8, 4) is 0 Å². The second-order valence-corrected chi connectivity index (χ2v) is 17.3. The maximum atomic E-state index is 2.75. The predicted molar refractivity (Wildman–Crippen MR) is 69.3 cm³/mol. The number of hydrogen-bond acceptors (Lipinski definition) is 1. The molecule has 0 aromatic rings. The molecule has 86 valence electrons. The van der Waals surface area contributed by atoms with E-state index in [1.54, 1.807) is 0 Å². The Morgan fingerprint density at radius 3 is 1.36 bits per heavy atom. The zero-order chi connectivity index (χ0) is 11.5. The van der Waals surface area contributed by atoms with E-state index in [0.29, 0.717) is 6.04 Å². The molecule has 0 aromatic carbocycles. The van der Waals surface area contributed by atoms with Gasteiger partial charge in [0.25, 0.3) is 0 Å². The Morgan fingerprint density at radius 1 is 0.929 bits per heavy atom. The van der Waals surface area contributed by atoms with E-state index < -0.39 is 13.5 Å². The van der Waals surface area contributed by atoms with E-state index in [1.807, 2.05) is 0 Å². The van der Waals surface area contributed by atoms with Gasteiger partial charge in [0.2, 0.25) is 0 Å². The first-order valence-corrected chi connectivity index (χ1v) is 10.9. The van der Waals surface area contributed by atoms with Crippen LogP contribution in [0.2, 0.25) is 14.8 Å². The molecule has 0 rings (SSSR count). The summed E-state index contributed by atoms with van der Waals surface area (Å²) in [5, 5.41) is 1.42. The quantitative estimate of drug-likeness (QED) is 0.672. The van der Waals surface area contributed by atoms with Crippen LogP contribution in [-0.4, -0.2) is 30.4 Å². The Hall–Kier alpha value is 0.503. The van der Waals surface area contributed by atoms with Gasteiger partial charge in [-0.05, 0) is 0 Å². The van der Waals surface area contributed by atoms with Crippen molar-refractivity contribution in [1.82, 2.24) is 3.86 Å². The fraction of sp³-hybridized carbons (Fsp3) is 1.00. The van der Waals surface area contributed by atoms with Gasteiger partial charge in [-0.15, -0.1) is 0 Å². The van der Waals surface area contributed by atoms with Crippen LogP contribution in [0.3, 0.4) is 0 Å². The van der Waals surface area contributed by atoms with Gasteiger partial charge < -0.3 is 0 Å². The Labute approximate surface area is 93.8 Å². The molecule has 0 spiro atoms. The van der Waals surface area contributed by atoms with Crippen LogP contribution in [0.15, 0.2) is 0 Å². The molecule has 0 saturated carbocycles. The molecule has 1 nitrogen and oxygen atoms in total. The summed E-state index contributed by atoms with van der Waals surface area (Å²) in [5.41, 5.74) is 0. The number of rotatable bonds is 5. The maximum absolute atomic E-state index is 2.75. The predicted octanol–water partition coefficient (Wildman–Crippen LogP) is 4.11. The van der Waals surface area contributed by atoms with Crippen molar-refractivity contribution in [2.24, 2.45) is 0 Å². The van der Waals surface area contributed by atoms with Gasteiger partial charge in [-0.2, -0.15) is 0 Å². The molecule has 0 aliphatic rings. The molecule has 0 heterocycles. The van der Waals surface area contributed by atoms with Crippen molar-refractivity contribution in [3.05, 3.63) is 0 Å². The number of nitrogens with zero attached hydrogens (tertiary/aromatic N) is 1. The molecular formula is C12H29GeN. The molecule has 0 aliphatic carbocycles. The van der Waals surface area contributed by atoms with Gasteiger partial charge in [-0.25, -0.2) is 0 Å². The minimum atomic E-state index is -1.82. The first-order valence-electron chi connectivity index (χ1n) is 6.03. The summed E-state index contributed by atoms with van der Waals surface area (Å²) < 4.78 is 4.54. The SMILES string of the molecule is C[CH2][Ge]([CH](C)C)([CH](C)C)[N](C)C(C)C. The third kappa shape index (κ3) is 2.54. The summed E-state index contributed by atoms with van der Waals surface area (Å²) in [6, 6.07) is 0.708. The Balaban J connectivity index is 5.03. The van der Waals surface area contributed by atoms with E-state index in [-0.39, 0.29) is 0 Å². The van der Waals surface area contributed by atoms with Crippen molar-refractivity contribution in [2.75, 3.05) is 7.05 Å². The van der Waals surface area contributed by atoms with E-state index in [2.05, 4.69) is 59.4 Å². The van der Waals surface area contributed by atoms with E-state index in [1.165, 1.54) is 5.25 Å². The van der Waals surface area contributed by atoms with E-state index in [0.717, 1.165) is 9.50 Å². The molecule has 0 N–H and O–H groups in total. The van der Waals surface area contributed by atoms with Crippen molar-refractivity contribution in [2.45, 2.75) is 69.3 Å². The van der Waals surface area contributed by atoms with Crippen molar-refractivity contribution in [3.63, 3.8) is 0 Å². The van der Waals surface area contributed by atoms with Gasteiger partial charge in [0.05, 0.1) is 0 Å². The topological polar surface area (TPSA) is 3.24 Å². The zero-order valence-corrected chi connectivity index (χ0v) is 13.5. The molecule has 0 unspecified atom stereocenters. The van der Waals surface area contributed by atoms with Crippen LogP contribution in [0.5, 0.6) is 0 Å². The molecule has 0 saturated heterocycles. The van der Waals surface area contributed by atoms with Crippen LogP contribution in [-0.2, 0) is 0 Å². The second-order valence-electron chi connectivity index (χ2n) is 5.36. The number of hydrogen-bond donors (Lipinski definition) is 0. The van der Waals surface area contributed by atoms with Gasteiger partial charge in [0.1, 0.15) is 0 Å². The van der Waals surface area contributed by atoms with E-state index in [9.17, 15) is 0 Å². The average molecular weight is 260 g/mol. The third-order valence-electron chi connectivity index (χ3n) is 4.00. The van der Waals surface area contributed by atoms with Crippen molar-refractivity contribution in [1.29, 1.82) is 0 Å². The average Bonchev–Trinajstić information content (AvgIpc) is 2.04. The molecule has 0 amide bonds. The molecule has 0 aromatic heterocycles. The summed E-state index contributed by atoms with van der Waals surface area (Å²) in [6.45, 7) is 16.8. The monoisotopic (exact) mass is 261 g/mol. The zero-order valence-electron chi connectivity index (χ0n) is 11.4. The first-order chi connectivity index (χ1) is 6.30. The van der Waals surface area contributed by atoms with Crippen molar-refractivity contribution < 1.29 is 0 Å². The molecule has 0 bridgehead atoms. The first kappa shape index (κ1) is 14.5. The summed E-state index contributed by atoms with van der Waals surface area (Å²) in [5.74, 6) is 0. The van der Waals surface area contributed by atoms with Crippen molar-refractivity contribution >= 4 is 13.5 Å². The summed E-state index contributed by atoms with van der Waals surface area (Å²) >= 11 is -1.82. The van der Waals surface area contributed by atoms with Gasteiger partial charge in [-0.3, -0.25) is 0 Å².